The third-order valence-corrected chi connectivity index (χ3v) is 2.46. The largest absolute Gasteiger partial charge is 0.457 e. The topological polar surface area (TPSA) is 9.23 Å². The van der Waals surface area contributed by atoms with Gasteiger partial charge in [-0.25, -0.2) is 0 Å². The van der Waals surface area contributed by atoms with Crippen molar-refractivity contribution >= 4 is 22.6 Å². The summed E-state index contributed by atoms with van der Waals surface area (Å²) in [5.41, 5.74) is 0. The molecule has 0 spiro atoms. The van der Waals surface area contributed by atoms with Gasteiger partial charge in [0, 0.05) is 3.57 Å². The van der Waals surface area contributed by atoms with Crippen LogP contribution < -0.4 is 4.74 Å². The molecule has 1 radical (unpaired) electrons. The summed E-state index contributed by atoms with van der Waals surface area (Å²) in [7, 11) is 0. The molecule has 0 aliphatic heterocycles. The van der Waals surface area contributed by atoms with E-state index in [2.05, 4.69) is 28.7 Å². The molecule has 0 unspecified atom stereocenters. The molecule has 0 heterocycles. The van der Waals surface area contributed by atoms with Crippen molar-refractivity contribution in [3.05, 3.63) is 58.2 Å². The first-order chi connectivity index (χ1) is 6.84. The molecule has 0 N–H and O–H groups in total. The van der Waals surface area contributed by atoms with E-state index < -0.39 is 0 Å². The highest BCUT2D eigenvalue weighted by atomic mass is 127. The molecule has 0 amide bonds. The fourth-order valence-corrected chi connectivity index (χ4v) is 1.44. The van der Waals surface area contributed by atoms with Gasteiger partial charge in [0.05, 0.1) is 0 Å². The molecule has 2 aromatic rings. The van der Waals surface area contributed by atoms with Gasteiger partial charge in [-0.15, -0.1) is 0 Å². The van der Waals surface area contributed by atoms with Crippen LogP contribution in [0.4, 0.5) is 0 Å². The number of halogens is 1. The van der Waals surface area contributed by atoms with E-state index in [0.717, 1.165) is 11.5 Å². The molecule has 0 saturated heterocycles. The highest BCUT2D eigenvalue weighted by Gasteiger charge is 1.94. The highest BCUT2D eigenvalue weighted by Crippen LogP contribution is 2.21. The first-order valence-corrected chi connectivity index (χ1v) is 5.32. The number of rotatable bonds is 2. The molecule has 0 fully saturated rings. The van der Waals surface area contributed by atoms with E-state index in [0.29, 0.717) is 0 Å². The maximum atomic E-state index is 5.61. The second kappa shape index (κ2) is 4.46. The van der Waals surface area contributed by atoms with Crippen LogP contribution in [-0.2, 0) is 0 Å². The van der Waals surface area contributed by atoms with Gasteiger partial charge in [0.25, 0.3) is 0 Å². The minimum Gasteiger partial charge on any atom is -0.457 e. The fraction of sp³-hybridized carbons (Fsp3) is 0. The third-order valence-electron chi connectivity index (χ3n) is 1.74. The zero-order valence-corrected chi connectivity index (χ0v) is 9.56. The van der Waals surface area contributed by atoms with Crippen LogP contribution in [0.15, 0.2) is 48.5 Å². The first kappa shape index (κ1) is 9.52. The highest BCUT2D eigenvalue weighted by molar-refractivity contribution is 14.1. The second-order valence-electron chi connectivity index (χ2n) is 2.79. The van der Waals surface area contributed by atoms with Crippen LogP contribution in [0.3, 0.4) is 0 Å². The summed E-state index contributed by atoms with van der Waals surface area (Å²) in [6.45, 7) is 0. The van der Waals surface area contributed by atoms with Gasteiger partial charge < -0.3 is 4.74 Å². The summed E-state index contributed by atoms with van der Waals surface area (Å²) in [5, 5.41) is 0. The molecular formula is C12H8IO. The van der Waals surface area contributed by atoms with Crippen molar-refractivity contribution in [2.75, 3.05) is 0 Å². The van der Waals surface area contributed by atoms with Gasteiger partial charge in [0.15, 0.2) is 0 Å². The summed E-state index contributed by atoms with van der Waals surface area (Å²) in [6, 6.07) is 18.3. The maximum Gasteiger partial charge on any atom is 0.127 e. The molecule has 2 heteroatoms. The Balaban J connectivity index is 2.16. The predicted octanol–water partition coefficient (Wildman–Crippen LogP) is 3.88. The molecular weight excluding hydrogens is 287 g/mol. The predicted molar refractivity (Wildman–Crippen MR) is 64.5 cm³/mol. The fourth-order valence-electron chi connectivity index (χ4n) is 1.08. The number of ether oxygens (including phenoxy) is 1. The van der Waals surface area contributed by atoms with Crippen molar-refractivity contribution in [1.82, 2.24) is 0 Å². The SMILES string of the molecule is Ic1ccc(Oc2cc[c]cc2)cc1. The maximum absolute atomic E-state index is 5.61. The van der Waals surface area contributed by atoms with Crippen LogP contribution in [0, 0.1) is 9.64 Å². The minimum absolute atomic E-state index is 0.838. The van der Waals surface area contributed by atoms with Gasteiger partial charge in [-0.3, -0.25) is 0 Å². The second-order valence-corrected chi connectivity index (χ2v) is 4.04. The van der Waals surface area contributed by atoms with E-state index in [-0.39, 0.29) is 0 Å². The van der Waals surface area contributed by atoms with E-state index in [4.69, 9.17) is 4.74 Å². The van der Waals surface area contributed by atoms with E-state index in [1.807, 2.05) is 48.5 Å². The van der Waals surface area contributed by atoms with Crippen molar-refractivity contribution < 1.29 is 4.74 Å². The Labute approximate surface area is 96.9 Å². The number of hydrogen-bond donors (Lipinski definition) is 0. The van der Waals surface area contributed by atoms with Crippen LogP contribution in [0.25, 0.3) is 0 Å². The molecule has 0 atom stereocenters. The van der Waals surface area contributed by atoms with Crippen LogP contribution in [0.2, 0.25) is 0 Å². The summed E-state index contributed by atoms with van der Waals surface area (Å²) in [6.07, 6.45) is 0. The van der Waals surface area contributed by atoms with Crippen molar-refractivity contribution in [3.63, 3.8) is 0 Å². The van der Waals surface area contributed by atoms with Gasteiger partial charge >= 0.3 is 0 Å². The van der Waals surface area contributed by atoms with Gasteiger partial charge in [-0.1, -0.05) is 12.1 Å². The zero-order chi connectivity index (χ0) is 9.80. The molecule has 0 bridgehead atoms. The third kappa shape index (κ3) is 2.48. The quantitative estimate of drug-likeness (QED) is 0.764. The summed E-state index contributed by atoms with van der Waals surface area (Å²) in [5.74, 6) is 1.70. The standard InChI is InChI=1S/C12H8IO/c13-10-6-8-12(9-7-10)14-11-4-2-1-3-5-11/h2-9H. The average molecular weight is 295 g/mol. The Morgan fingerprint density at radius 3 is 2.07 bits per heavy atom. The molecule has 1 nitrogen and oxygen atoms in total. The van der Waals surface area contributed by atoms with E-state index in [1.54, 1.807) is 0 Å². The lowest BCUT2D eigenvalue weighted by atomic mass is 10.3. The molecule has 14 heavy (non-hydrogen) atoms. The zero-order valence-electron chi connectivity index (χ0n) is 7.41. The summed E-state index contributed by atoms with van der Waals surface area (Å²) in [4.78, 5) is 0. The van der Waals surface area contributed by atoms with Crippen LogP contribution in [0.1, 0.15) is 0 Å². The smallest absolute Gasteiger partial charge is 0.127 e. The van der Waals surface area contributed by atoms with Crippen LogP contribution in [-0.4, -0.2) is 0 Å². The van der Waals surface area contributed by atoms with Crippen LogP contribution >= 0.6 is 22.6 Å². The van der Waals surface area contributed by atoms with Gasteiger partial charge in [-0.05, 0) is 65.1 Å². The molecule has 0 aliphatic carbocycles. The lowest BCUT2D eigenvalue weighted by Crippen LogP contribution is -1.82. The monoisotopic (exact) mass is 295 g/mol. The van der Waals surface area contributed by atoms with Gasteiger partial charge in [0.1, 0.15) is 11.5 Å². The molecule has 2 aromatic carbocycles. The Morgan fingerprint density at radius 2 is 1.43 bits per heavy atom. The summed E-state index contributed by atoms with van der Waals surface area (Å²) < 4.78 is 6.81. The van der Waals surface area contributed by atoms with E-state index >= 15 is 0 Å². The average Bonchev–Trinajstić information content (AvgIpc) is 2.23. The minimum atomic E-state index is 0.838. The summed E-state index contributed by atoms with van der Waals surface area (Å²) >= 11 is 2.27. The van der Waals surface area contributed by atoms with Crippen molar-refractivity contribution in [2.45, 2.75) is 0 Å². The molecule has 0 aromatic heterocycles. The van der Waals surface area contributed by atoms with E-state index in [1.165, 1.54) is 3.57 Å². The Kier molecular flexibility index (Phi) is 3.03. The Bertz CT molecular complexity index is 394. The van der Waals surface area contributed by atoms with E-state index in [9.17, 15) is 0 Å². The molecule has 2 rings (SSSR count). The number of hydrogen-bond acceptors (Lipinski definition) is 1. The Hall–Kier alpha value is -1.03. The first-order valence-electron chi connectivity index (χ1n) is 4.24. The lowest BCUT2D eigenvalue weighted by molar-refractivity contribution is 0.482. The van der Waals surface area contributed by atoms with Crippen LogP contribution in [0.5, 0.6) is 11.5 Å². The van der Waals surface area contributed by atoms with Crippen molar-refractivity contribution in [2.24, 2.45) is 0 Å². The van der Waals surface area contributed by atoms with Gasteiger partial charge in [0.2, 0.25) is 0 Å². The number of benzene rings is 2. The van der Waals surface area contributed by atoms with Crippen molar-refractivity contribution in [3.8, 4) is 11.5 Å². The van der Waals surface area contributed by atoms with Gasteiger partial charge in [-0.2, -0.15) is 0 Å². The lowest BCUT2D eigenvalue weighted by Gasteiger charge is -2.04. The Morgan fingerprint density at radius 1 is 0.857 bits per heavy atom. The molecule has 69 valence electrons. The molecule has 0 saturated carbocycles. The molecule has 0 aliphatic rings. The normalized spacial score (nSPS) is 9.79. The van der Waals surface area contributed by atoms with Crippen molar-refractivity contribution in [1.29, 1.82) is 0 Å².